The van der Waals surface area contributed by atoms with E-state index in [-0.39, 0.29) is 18.1 Å². The van der Waals surface area contributed by atoms with Gasteiger partial charge in [-0.15, -0.1) is 0 Å². The number of hydrogen-bond acceptors (Lipinski definition) is 9. The zero-order valence-corrected chi connectivity index (χ0v) is 24.3. The molecular weight excluding hydrogens is 574 g/mol. The summed E-state index contributed by atoms with van der Waals surface area (Å²) in [6.07, 6.45) is -2.33. The van der Waals surface area contributed by atoms with Gasteiger partial charge in [0.2, 0.25) is 5.82 Å². The zero-order chi connectivity index (χ0) is 30.0. The molecule has 0 atom stereocenters. The number of likely N-dealkylation sites (tertiary alicyclic amines) is 1. The number of nitrogens with zero attached hydrogens (tertiary/aromatic N) is 6. The van der Waals surface area contributed by atoms with E-state index in [1.165, 1.54) is 11.3 Å². The van der Waals surface area contributed by atoms with Gasteiger partial charge >= 0.3 is 12.1 Å². The van der Waals surface area contributed by atoms with Crippen molar-refractivity contribution in [3.63, 3.8) is 0 Å². The first-order valence-electron chi connectivity index (χ1n) is 13.9. The molecule has 0 aliphatic carbocycles. The number of aromatic nitrogens is 3. The molecule has 226 valence electrons. The number of aryl methyl sites for hydroxylation is 2. The highest BCUT2D eigenvalue weighted by Gasteiger charge is 2.32. The topological polar surface area (TPSA) is 97.7 Å². The summed E-state index contributed by atoms with van der Waals surface area (Å²) in [5, 5.41) is 12.3. The molecule has 2 aliphatic rings. The van der Waals surface area contributed by atoms with Crippen LogP contribution in [0.5, 0.6) is 0 Å². The Bertz CT molecular complexity index is 1430. The predicted molar refractivity (Wildman–Crippen MR) is 153 cm³/mol. The molecule has 0 spiro atoms. The second-order valence-electron chi connectivity index (χ2n) is 10.7. The van der Waals surface area contributed by atoms with E-state index in [0.29, 0.717) is 67.0 Å². The third kappa shape index (κ3) is 7.16. The number of carbonyl (C=O) groups is 1. The molecule has 2 fully saturated rings. The van der Waals surface area contributed by atoms with Crippen molar-refractivity contribution in [3.05, 3.63) is 45.8 Å². The molecule has 3 aromatic rings. The average Bonchev–Trinajstić information content (AvgIpc) is 3.59. The van der Waals surface area contributed by atoms with Crippen LogP contribution in [-0.4, -0.2) is 81.6 Å². The Labute approximate surface area is 245 Å². The van der Waals surface area contributed by atoms with E-state index >= 15 is 4.39 Å². The second kappa shape index (κ2) is 12.5. The van der Waals surface area contributed by atoms with E-state index in [9.17, 15) is 18.0 Å². The van der Waals surface area contributed by atoms with Gasteiger partial charge in [0, 0.05) is 49.7 Å². The second-order valence-corrected chi connectivity index (χ2v) is 11.8. The fourth-order valence-electron chi connectivity index (χ4n) is 5.34. The molecule has 1 aromatic carbocycles. The summed E-state index contributed by atoms with van der Waals surface area (Å²) < 4.78 is 56.7. The van der Waals surface area contributed by atoms with Gasteiger partial charge in [0.15, 0.2) is 16.8 Å². The van der Waals surface area contributed by atoms with Crippen LogP contribution in [0.3, 0.4) is 0 Å². The normalized spacial score (nSPS) is 16.8. The van der Waals surface area contributed by atoms with Crippen LogP contribution in [0.4, 0.5) is 34.3 Å². The molecule has 9 nitrogen and oxygen atoms in total. The lowest BCUT2D eigenvalue weighted by Crippen LogP contribution is -2.47. The molecule has 14 heteroatoms. The predicted octanol–water partition coefficient (Wildman–Crippen LogP) is 5.31. The fourth-order valence-corrected chi connectivity index (χ4v) is 6.37. The van der Waals surface area contributed by atoms with Crippen molar-refractivity contribution in [2.24, 2.45) is 0 Å². The zero-order valence-electron chi connectivity index (χ0n) is 23.5. The lowest BCUT2D eigenvalue weighted by atomic mass is 10.0. The molecule has 2 N–H and O–H groups in total. The highest BCUT2D eigenvalue weighted by molar-refractivity contribution is 7.16. The van der Waals surface area contributed by atoms with E-state index in [2.05, 4.69) is 25.2 Å². The fraction of sp³-hybridized carbons (Fsp3) is 0.500. The van der Waals surface area contributed by atoms with Gasteiger partial charge < -0.3 is 15.3 Å². The number of alkyl halides is 3. The van der Waals surface area contributed by atoms with Crippen LogP contribution in [0.15, 0.2) is 18.2 Å². The maximum Gasteiger partial charge on any atom is 0.416 e. The molecule has 4 heterocycles. The highest BCUT2D eigenvalue weighted by Crippen LogP contribution is 2.38. The van der Waals surface area contributed by atoms with E-state index in [1.807, 2.05) is 9.80 Å². The molecule has 0 bridgehead atoms. The smallest absolute Gasteiger partial charge is 0.416 e. The van der Waals surface area contributed by atoms with Crippen molar-refractivity contribution in [2.75, 3.05) is 56.0 Å². The number of halogens is 4. The van der Waals surface area contributed by atoms with Gasteiger partial charge in [-0.1, -0.05) is 11.3 Å². The SMILES string of the molecule is Cc1cc(-c2nc(Nc3nc(C)nc(N4CCN(CCC(=O)O)CC4)c3F)sc2CN2CCCC2)cc(C(F)(F)F)c1. The van der Waals surface area contributed by atoms with Gasteiger partial charge in [0.25, 0.3) is 0 Å². The maximum absolute atomic E-state index is 15.8. The van der Waals surface area contributed by atoms with E-state index in [1.54, 1.807) is 19.9 Å². The van der Waals surface area contributed by atoms with Gasteiger partial charge in [-0.25, -0.2) is 15.0 Å². The van der Waals surface area contributed by atoms with Crippen LogP contribution < -0.4 is 10.2 Å². The number of carboxylic acid groups (broad SMARTS) is 1. The van der Waals surface area contributed by atoms with Crippen LogP contribution in [-0.2, 0) is 17.5 Å². The lowest BCUT2D eigenvalue weighted by molar-refractivity contribution is -0.138. The molecule has 2 aliphatic heterocycles. The Kier molecular flexibility index (Phi) is 8.94. The minimum Gasteiger partial charge on any atom is -0.481 e. The summed E-state index contributed by atoms with van der Waals surface area (Å²) in [5.41, 5.74) is 0.533. The average molecular weight is 608 g/mol. The van der Waals surface area contributed by atoms with Crippen LogP contribution in [0.25, 0.3) is 11.3 Å². The molecule has 5 rings (SSSR count). The van der Waals surface area contributed by atoms with E-state index < -0.39 is 23.5 Å². The number of piperazine rings is 1. The Hall–Kier alpha value is -3.36. The van der Waals surface area contributed by atoms with E-state index in [0.717, 1.165) is 42.9 Å². The number of benzene rings is 1. The molecule has 0 saturated carbocycles. The molecule has 0 radical (unpaired) electrons. The largest absolute Gasteiger partial charge is 0.481 e. The Morgan fingerprint density at radius 2 is 1.71 bits per heavy atom. The van der Waals surface area contributed by atoms with Crippen molar-refractivity contribution in [3.8, 4) is 11.3 Å². The summed E-state index contributed by atoms with van der Waals surface area (Å²) in [4.78, 5) is 31.0. The minimum atomic E-state index is -4.49. The highest BCUT2D eigenvalue weighted by atomic mass is 32.1. The first-order valence-corrected chi connectivity index (χ1v) is 14.7. The third-order valence-electron chi connectivity index (χ3n) is 7.43. The number of carboxylic acids is 1. The van der Waals surface area contributed by atoms with Crippen molar-refractivity contribution in [2.45, 2.75) is 45.8 Å². The van der Waals surface area contributed by atoms with Crippen LogP contribution >= 0.6 is 11.3 Å². The van der Waals surface area contributed by atoms with Crippen molar-refractivity contribution < 1.29 is 27.5 Å². The Balaban J connectivity index is 1.42. The van der Waals surface area contributed by atoms with Crippen molar-refractivity contribution >= 4 is 34.1 Å². The van der Waals surface area contributed by atoms with Crippen molar-refractivity contribution in [1.82, 2.24) is 24.8 Å². The third-order valence-corrected chi connectivity index (χ3v) is 8.38. The van der Waals surface area contributed by atoms with Crippen LogP contribution in [0.2, 0.25) is 0 Å². The van der Waals surface area contributed by atoms with Crippen molar-refractivity contribution in [1.29, 1.82) is 0 Å². The van der Waals surface area contributed by atoms with Crippen LogP contribution in [0, 0.1) is 19.7 Å². The number of hydrogen-bond donors (Lipinski definition) is 2. The maximum atomic E-state index is 15.8. The summed E-state index contributed by atoms with van der Waals surface area (Å²) in [6, 6.07) is 3.91. The quantitative estimate of drug-likeness (QED) is 0.314. The number of thiazole rings is 1. The first kappa shape index (κ1) is 30.1. The number of anilines is 3. The number of nitrogens with one attached hydrogen (secondary N) is 1. The molecule has 2 saturated heterocycles. The number of aliphatic carboxylic acids is 1. The summed E-state index contributed by atoms with van der Waals surface area (Å²) in [7, 11) is 0. The van der Waals surface area contributed by atoms with Gasteiger partial charge in [0.05, 0.1) is 17.7 Å². The van der Waals surface area contributed by atoms with Gasteiger partial charge in [-0.2, -0.15) is 17.6 Å². The summed E-state index contributed by atoms with van der Waals surface area (Å²) in [6.45, 7) is 8.14. The summed E-state index contributed by atoms with van der Waals surface area (Å²) in [5.74, 6) is -1.07. The molecule has 0 unspecified atom stereocenters. The molecule has 2 aromatic heterocycles. The summed E-state index contributed by atoms with van der Waals surface area (Å²) >= 11 is 1.28. The molecule has 42 heavy (non-hydrogen) atoms. The van der Waals surface area contributed by atoms with E-state index in [4.69, 9.17) is 5.11 Å². The monoisotopic (exact) mass is 607 g/mol. The minimum absolute atomic E-state index is 0.0463. The molecular formula is C28H33F4N7O2S. The van der Waals surface area contributed by atoms with Gasteiger partial charge in [-0.05, 0) is 63.5 Å². The standard InChI is InChI=1S/C28H33F4N7O2S/c1-17-13-19(15-20(14-17)28(30,31)32)24-21(16-38-6-3-4-7-38)42-27(35-24)36-25-23(29)26(34-18(2)33-25)39-11-9-37(10-12-39)8-5-22(40)41/h13-15H,3-12,16H2,1-2H3,(H,40,41)(H,33,34,35,36). The Morgan fingerprint density at radius 3 is 2.38 bits per heavy atom. The lowest BCUT2D eigenvalue weighted by Gasteiger charge is -2.35. The number of rotatable bonds is 9. The van der Waals surface area contributed by atoms with Crippen LogP contribution in [0.1, 0.15) is 41.1 Å². The molecule has 0 amide bonds. The van der Waals surface area contributed by atoms with Gasteiger partial charge in [0.1, 0.15) is 5.82 Å². The van der Waals surface area contributed by atoms with Gasteiger partial charge in [-0.3, -0.25) is 14.6 Å². The first-order chi connectivity index (χ1) is 20.0. The Morgan fingerprint density at radius 1 is 1.00 bits per heavy atom.